The first kappa shape index (κ1) is 14.2. The van der Waals surface area contributed by atoms with Gasteiger partial charge in [-0.1, -0.05) is 29.8 Å². The third-order valence-electron chi connectivity index (χ3n) is 3.80. The van der Waals surface area contributed by atoms with Crippen molar-refractivity contribution in [1.29, 1.82) is 0 Å². The maximum Gasteiger partial charge on any atom is 0.164 e. The number of ether oxygens (including phenoxy) is 1. The number of morpholine rings is 1. The molecule has 1 aromatic carbocycles. The first-order valence-corrected chi connectivity index (χ1v) is 6.92. The summed E-state index contributed by atoms with van der Waals surface area (Å²) in [5.74, 6) is 0.224. The Balaban J connectivity index is 1.91. The average molecular weight is 261 g/mol. The Kier molecular flexibility index (Phi) is 4.38. The maximum atomic E-state index is 12.2. The summed E-state index contributed by atoms with van der Waals surface area (Å²) in [6.45, 7) is 9.60. The van der Waals surface area contributed by atoms with Gasteiger partial charge in [-0.2, -0.15) is 0 Å². The Hall–Kier alpha value is -1.19. The second kappa shape index (κ2) is 5.85. The summed E-state index contributed by atoms with van der Waals surface area (Å²) >= 11 is 0. The van der Waals surface area contributed by atoms with E-state index in [9.17, 15) is 4.79 Å². The number of ketones is 1. The van der Waals surface area contributed by atoms with E-state index in [1.807, 2.05) is 31.2 Å². The van der Waals surface area contributed by atoms with Crippen LogP contribution in [0.3, 0.4) is 0 Å². The predicted octanol–water partition coefficient (Wildman–Crippen LogP) is 2.68. The van der Waals surface area contributed by atoms with E-state index >= 15 is 0 Å². The molecular formula is C16H23NO2. The van der Waals surface area contributed by atoms with Crippen LogP contribution >= 0.6 is 0 Å². The van der Waals surface area contributed by atoms with Crippen LogP contribution in [0.5, 0.6) is 0 Å². The Labute approximate surface area is 115 Å². The fourth-order valence-corrected chi connectivity index (χ4v) is 2.43. The van der Waals surface area contributed by atoms with Crippen molar-refractivity contribution in [2.45, 2.75) is 32.7 Å². The number of nitrogens with zero attached hydrogens (tertiary/aromatic N) is 1. The summed E-state index contributed by atoms with van der Waals surface area (Å²) in [5.41, 5.74) is 2.04. The van der Waals surface area contributed by atoms with E-state index in [2.05, 4.69) is 18.7 Å². The summed E-state index contributed by atoms with van der Waals surface area (Å²) in [6.07, 6.45) is 0.576. The quantitative estimate of drug-likeness (QED) is 0.780. The molecule has 1 aliphatic heterocycles. The first-order chi connectivity index (χ1) is 8.99. The monoisotopic (exact) mass is 261 g/mol. The molecule has 0 saturated carbocycles. The van der Waals surface area contributed by atoms with Crippen LogP contribution in [-0.4, -0.2) is 42.5 Å². The van der Waals surface area contributed by atoms with Gasteiger partial charge in [0.15, 0.2) is 5.78 Å². The van der Waals surface area contributed by atoms with E-state index in [4.69, 9.17) is 4.74 Å². The van der Waals surface area contributed by atoms with Crippen LogP contribution in [0, 0.1) is 6.92 Å². The number of hydrogen-bond acceptors (Lipinski definition) is 3. The zero-order valence-electron chi connectivity index (χ0n) is 12.1. The molecule has 1 heterocycles. The molecule has 2 rings (SSSR count). The van der Waals surface area contributed by atoms with Gasteiger partial charge in [0.25, 0.3) is 0 Å². The molecule has 1 aromatic rings. The number of rotatable bonds is 4. The van der Waals surface area contributed by atoms with Gasteiger partial charge in [0.05, 0.1) is 13.2 Å². The largest absolute Gasteiger partial charge is 0.378 e. The zero-order chi connectivity index (χ0) is 13.9. The fraction of sp³-hybridized carbons (Fsp3) is 0.562. The number of Topliss-reactive ketones (excluding diaryl/α,β-unsaturated/α-hetero) is 1. The van der Waals surface area contributed by atoms with E-state index in [1.54, 1.807) is 0 Å². The summed E-state index contributed by atoms with van der Waals surface area (Å²) in [7, 11) is 0. The van der Waals surface area contributed by atoms with E-state index in [0.29, 0.717) is 6.42 Å². The Morgan fingerprint density at radius 3 is 2.63 bits per heavy atom. The Bertz CT molecular complexity index is 437. The number of carbonyl (C=O) groups excluding carboxylic acids is 1. The van der Waals surface area contributed by atoms with E-state index in [1.165, 1.54) is 5.56 Å². The van der Waals surface area contributed by atoms with Crippen molar-refractivity contribution < 1.29 is 9.53 Å². The molecule has 1 saturated heterocycles. The topological polar surface area (TPSA) is 29.5 Å². The molecule has 0 amide bonds. The van der Waals surface area contributed by atoms with Crippen molar-refractivity contribution in [3.63, 3.8) is 0 Å². The number of benzene rings is 1. The Morgan fingerprint density at radius 1 is 1.32 bits per heavy atom. The Morgan fingerprint density at radius 2 is 2.00 bits per heavy atom. The molecule has 3 nitrogen and oxygen atoms in total. The van der Waals surface area contributed by atoms with Crippen LogP contribution in [-0.2, 0) is 4.74 Å². The summed E-state index contributed by atoms with van der Waals surface area (Å²) in [4.78, 5) is 14.5. The minimum Gasteiger partial charge on any atom is -0.378 e. The van der Waals surface area contributed by atoms with Crippen molar-refractivity contribution >= 4 is 5.78 Å². The molecule has 104 valence electrons. The molecule has 0 aliphatic carbocycles. The number of carbonyl (C=O) groups is 1. The van der Waals surface area contributed by atoms with Crippen molar-refractivity contribution in [2.75, 3.05) is 26.3 Å². The lowest BCUT2D eigenvalue weighted by Crippen LogP contribution is -2.53. The van der Waals surface area contributed by atoms with Gasteiger partial charge in [0, 0.05) is 30.6 Å². The van der Waals surface area contributed by atoms with Gasteiger partial charge in [0.1, 0.15) is 0 Å². The average Bonchev–Trinajstić information content (AvgIpc) is 2.37. The minimum absolute atomic E-state index is 0.0335. The molecule has 1 aliphatic rings. The maximum absolute atomic E-state index is 12.2. The van der Waals surface area contributed by atoms with Gasteiger partial charge in [-0.25, -0.2) is 0 Å². The lowest BCUT2D eigenvalue weighted by molar-refractivity contribution is -0.0502. The zero-order valence-corrected chi connectivity index (χ0v) is 12.1. The summed E-state index contributed by atoms with van der Waals surface area (Å²) in [6, 6.07) is 7.82. The second-order valence-electron chi connectivity index (χ2n) is 5.89. The lowest BCUT2D eigenvalue weighted by Gasteiger charge is -2.42. The highest BCUT2D eigenvalue weighted by atomic mass is 16.5. The normalized spacial score (nSPS) is 19.3. The summed E-state index contributed by atoms with van der Waals surface area (Å²) in [5, 5.41) is 0. The van der Waals surface area contributed by atoms with Gasteiger partial charge < -0.3 is 4.74 Å². The van der Waals surface area contributed by atoms with E-state index in [0.717, 1.165) is 31.9 Å². The van der Waals surface area contributed by atoms with Crippen LogP contribution in [0.2, 0.25) is 0 Å². The molecule has 0 aromatic heterocycles. The van der Waals surface area contributed by atoms with Crippen LogP contribution in [0.1, 0.15) is 36.2 Å². The third-order valence-corrected chi connectivity index (χ3v) is 3.80. The highest BCUT2D eigenvalue weighted by Crippen LogP contribution is 2.19. The minimum atomic E-state index is 0.0335. The van der Waals surface area contributed by atoms with Crippen LogP contribution in [0.4, 0.5) is 0 Å². The van der Waals surface area contributed by atoms with Gasteiger partial charge in [-0.05, 0) is 20.8 Å². The molecular weight excluding hydrogens is 238 g/mol. The van der Waals surface area contributed by atoms with Crippen LogP contribution in [0.15, 0.2) is 24.3 Å². The smallest absolute Gasteiger partial charge is 0.164 e. The van der Waals surface area contributed by atoms with Gasteiger partial charge in [0.2, 0.25) is 0 Å². The molecule has 0 radical (unpaired) electrons. The first-order valence-electron chi connectivity index (χ1n) is 6.92. The standard InChI is InChI=1S/C16H23NO2/c1-13-4-6-14(7-5-13)15(18)8-9-17-10-11-19-12-16(17,2)3/h4-7H,8-12H2,1-3H3. The lowest BCUT2D eigenvalue weighted by atomic mass is 10.0. The van der Waals surface area contributed by atoms with Crippen LogP contribution in [0.25, 0.3) is 0 Å². The molecule has 0 unspecified atom stereocenters. The van der Waals surface area contributed by atoms with Gasteiger partial charge >= 0.3 is 0 Å². The highest BCUT2D eigenvalue weighted by Gasteiger charge is 2.30. The van der Waals surface area contributed by atoms with Gasteiger partial charge in [-0.3, -0.25) is 9.69 Å². The van der Waals surface area contributed by atoms with Crippen molar-refractivity contribution in [1.82, 2.24) is 4.90 Å². The fourth-order valence-electron chi connectivity index (χ4n) is 2.43. The SMILES string of the molecule is Cc1ccc(C(=O)CCN2CCOCC2(C)C)cc1. The summed E-state index contributed by atoms with van der Waals surface area (Å²) < 4.78 is 5.49. The predicted molar refractivity (Wildman–Crippen MR) is 76.6 cm³/mol. The molecule has 0 N–H and O–H groups in total. The molecule has 19 heavy (non-hydrogen) atoms. The second-order valence-corrected chi connectivity index (χ2v) is 5.89. The molecule has 0 spiro atoms. The van der Waals surface area contributed by atoms with Gasteiger partial charge in [-0.15, -0.1) is 0 Å². The molecule has 0 atom stereocenters. The molecule has 3 heteroatoms. The number of aryl methyl sites for hydroxylation is 1. The third kappa shape index (κ3) is 3.64. The van der Waals surface area contributed by atoms with Crippen molar-refractivity contribution in [3.05, 3.63) is 35.4 Å². The van der Waals surface area contributed by atoms with Crippen molar-refractivity contribution in [2.24, 2.45) is 0 Å². The van der Waals surface area contributed by atoms with Crippen LogP contribution < -0.4 is 0 Å². The highest BCUT2D eigenvalue weighted by molar-refractivity contribution is 5.96. The molecule has 1 fully saturated rings. The molecule has 0 bridgehead atoms. The van der Waals surface area contributed by atoms with E-state index in [-0.39, 0.29) is 11.3 Å². The van der Waals surface area contributed by atoms with Crippen molar-refractivity contribution in [3.8, 4) is 0 Å². The number of hydrogen-bond donors (Lipinski definition) is 0. The van der Waals surface area contributed by atoms with E-state index < -0.39 is 0 Å².